The second kappa shape index (κ2) is 7.50. The first kappa shape index (κ1) is 18.3. The lowest BCUT2D eigenvalue weighted by Gasteiger charge is -2.29. The van der Waals surface area contributed by atoms with Crippen molar-refractivity contribution in [2.75, 3.05) is 0 Å². The number of pyridine rings is 1. The molecule has 2 aliphatic rings. The predicted molar refractivity (Wildman–Crippen MR) is 99.2 cm³/mol. The molecule has 1 aromatic carbocycles. The Morgan fingerprint density at radius 3 is 2.61 bits per heavy atom. The Balaban J connectivity index is 1.51. The molecule has 3 amide bonds. The van der Waals surface area contributed by atoms with E-state index in [2.05, 4.69) is 10.3 Å². The Labute approximate surface area is 161 Å². The molecule has 1 fully saturated rings. The van der Waals surface area contributed by atoms with Crippen LogP contribution in [0.15, 0.2) is 36.5 Å². The molecule has 28 heavy (non-hydrogen) atoms. The van der Waals surface area contributed by atoms with E-state index in [0.717, 1.165) is 32.1 Å². The summed E-state index contributed by atoms with van der Waals surface area (Å²) in [4.78, 5) is 43.2. The van der Waals surface area contributed by atoms with Crippen molar-refractivity contribution in [1.82, 2.24) is 15.2 Å². The minimum Gasteiger partial charge on any atom is -0.346 e. The Bertz CT molecular complexity index is 954. The fraction of sp³-hybridized carbons (Fsp3) is 0.333. The van der Waals surface area contributed by atoms with Crippen LogP contribution in [0.3, 0.4) is 0 Å². The van der Waals surface area contributed by atoms with Gasteiger partial charge in [0.1, 0.15) is 5.82 Å². The number of amides is 3. The first-order chi connectivity index (χ1) is 13.6. The van der Waals surface area contributed by atoms with Gasteiger partial charge in [-0.1, -0.05) is 19.3 Å². The summed E-state index contributed by atoms with van der Waals surface area (Å²) in [7, 11) is 0. The molecule has 0 unspecified atom stereocenters. The van der Waals surface area contributed by atoms with E-state index in [1.54, 1.807) is 0 Å². The molecule has 0 atom stereocenters. The van der Waals surface area contributed by atoms with E-state index in [1.165, 1.54) is 41.4 Å². The second-order valence-corrected chi connectivity index (χ2v) is 7.15. The summed E-state index contributed by atoms with van der Waals surface area (Å²) in [6.07, 6.45) is 6.25. The molecule has 2 aromatic rings. The van der Waals surface area contributed by atoms with Gasteiger partial charge in [0.2, 0.25) is 0 Å². The smallest absolute Gasteiger partial charge is 0.261 e. The van der Waals surface area contributed by atoms with Crippen molar-refractivity contribution in [3.05, 3.63) is 64.7 Å². The minimum absolute atomic E-state index is 0.0643. The summed E-state index contributed by atoms with van der Waals surface area (Å²) >= 11 is 0. The quantitative estimate of drug-likeness (QED) is 0.826. The van der Waals surface area contributed by atoms with Crippen molar-refractivity contribution in [2.24, 2.45) is 0 Å². The summed E-state index contributed by atoms with van der Waals surface area (Å²) in [6, 6.07) is 7.16. The zero-order chi connectivity index (χ0) is 19.7. The first-order valence-electron chi connectivity index (χ1n) is 9.46. The maximum absolute atomic E-state index is 13.6. The molecule has 1 aliphatic heterocycles. The van der Waals surface area contributed by atoms with Gasteiger partial charge in [0, 0.05) is 17.8 Å². The lowest BCUT2D eigenvalue weighted by molar-refractivity contribution is 0.0549. The average Bonchev–Trinajstić information content (AvgIpc) is 2.97. The number of hydrogen-bond donors (Lipinski definition) is 1. The molecule has 0 radical (unpaired) electrons. The van der Waals surface area contributed by atoms with Gasteiger partial charge in [-0.3, -0.25) is 24.3 Å². The van der Waals surface area contributed by atoms with Gasteiger partial charge in [0.25, 0.3) is 17.7 Å². The molecule has 7 heteroatoms. The summed E-state index contributed by atoms with van der Waals surface area (Å²) in [5.74, 6) is -1.57. The van der Waals surface area contributed by atoms with Crippen LogP contribution in [-0.4, -0.2) is 33.6 Å². The van der Waals surface area contributed by atoms with Crippen LogP contribution in [0.25, 0.3) is 0 Å². The molecule has 1 N–H and O–H groups in total. The number of benzene rings is 1. The number of nitrogens with zero attached hydrogens (tertiary/aromatic N) is 2. The highest BCUT2D eigenvalue weighted by Crippen LogP contribution is 2.31. The van der Waals surface area contributed by atoms with E-state index in [-0.39, 0.29) is 41.2 Å². The number of carbonyl (C=O) groups is 3. The van der Waals surface area contributed by atoms with Crippen LogP contribution in [0.2, 0.25) is 0 Å². The molecule has 6 nitrogen and oxygen atoms in total. The number of fused-ring (bicyclic) bond motifs is 1. The third-order valence-corrected chi connectivity index (χ3v) is 5.37. The molecular weight excluding hydrogens is 361 g/mol. The van der Waals surface area contributed by atoms with Crippen LogP contribution in [-0.2, 0) is 6.54 Å². The maximum Gasteiger partial charge on any atom is 0.261 e. The van der Waals surface area contributed by atoms with Gasteiger partial charge in [-0.05, 0) is 43.2 Å². The van der Waals surface area contributed by atoms with Gasteiger partial charge >= 0.3 is 0 Å². The van der Waals surface area contributed by atoms with Crippen molar-refractivity contribution in [1.29, 1.82) is 0 Å². The molecule has 0 bridgehead atoms. The highest BCUT2D eigenvalue weighted by Gasteiger charge is 2.40. The zero-order valence-electron chi connectivity index (χ0n) is 15.3. The highest BCUT2D eigenvalue weighted by molar-refractivity contribution is 6.22. The van der Waals surface area contributed by atoms with Crippen molar-refractivity contribution in [3.8, 4) is 0 Å². The van der Waals surface area contributed by atoms with Crippen molar-refractivity contribution in [2.45, 2.75) is 44.7 Å². The van der Waals surface area contributed by atoms with E-state index in [9.17, 15) is 18.8 Å². The molecule has 1 aliphatic carbocycles. The van der Waals surface area contributed by atoms with Crippen LogP contribution in [0.4, 0.5) is 4.39 Å². The lowest BCUT2D eigenvalue weighted by Crippen LogP contribution is -2.40. The van der Waals surface area contributed by atoms with Gasteiger partial charge in [0.05, 0.1) is 23.4 Å². The van der Waals surface area contributed by atoms with E-state index < -0.39 is 11.7 Å². The van der Waals surface area contributed by atoms with Crippen LogP contribution in [0, 0.1) is 5.82 Å². The molecule has 1 aromatic heterocycles. The number of hydrogen-bond acceptors (Lipinski definition) is 4. The molecule has 4 rings (SSSR count). The Morgan fingerprint density at radius 2 is 1.86 bits per heavy atom. The van der Waals surface area contributed by atoms with E-state index in [4.69, 9.17) is 0 Å². The lowest BCUT2D eigenvalue weighted by atomic mass is 9.94. The van der Waals surface area contributed by atoms with E-state index >= 15 is 0 Å². The first-order valence-corrected chi connectivity index (χ1v) is 9.46. The SMILES string of the molecule is O=C(NCc1ncccc1F)c1ccc2c(c1)C(=O)N(C1CCCCC1)C2=O. The van der Waals surface area contributed by atoms with Crippen molar-refractivity contribution >= 4 is 17.7 Å². The standard InChI is InChI=1S/C21H20FN3O3/c22-17-7-4-10-23-18(17)12-24-19(26)13-8-9-15-16(11-13)21(28)25(20(15)27)14-5-2-1-3-6-14/h4,7-11,14H,1-3,5-6,12H2,(H,24,26). The van der Waals surface area contributed by atoms with Crippen LogP contribution < -0.4 is 5.32 Å². The molecular formula is C21H20FN3O3. The summed E-state index contributed by atoms with van der Waals surface area (Å²) < 4.78 is 13.6. The van der Waals surface area contributed by atoms with E-state index in [1.807, 2.05) is 0 Å². The Morgan fingerprint density at radius 1 is 1.11 bits per heavy atom. The van der Waals surface area contributed by atoms with Gasteiger partial charge in [0.15, 0.2) is 0 Å². The molecule has 2 heterocycles. The summed E-state index contributed by atoms with van der Waals surface area (Å²) in [5, 5.41) is 2.60. The number of rotatable bonds is 4. The third-order valence-electron chi connectivity index (χ3n) is 5.37. The minimum atomic E-state index is -0.499. The van der Waals surface area contributed by atoms with Crippen molar-refractivity contribution in [3.63, 3.8) is 0 Å². The fourth-order valence-corrected chi connectivity index (χ4v) is 3.89. The largest absolute Gasteiger partial charge is 0.346 e. The van der Waals surface area contributed by atoms with Crippen LogP contribution in [0.5, 0.6) is 0 Å². The number of carbonyl (C=O) groups excluding carboxylic acids is 3. The molecule has 144 valence electrons. The van der Waals surface area contributed by atoms with Crippen LogP contribution in [0.1, 0.15) is 68.9 Å². The van der Waals surface area contributed by atoms with Crippen LogP contribution >= 0.6 is 0 Å². The predicted octanol–water partition coefficient (Wildman–Crippen LogP) is 3.08. The summed E-state index contributed by atoms with van der Waals surface area (Å²) in [6.45, 7) is -0.0658. The van der Waals surface area contributed by atoms with Gasteiger partial charge < -0.3 is 5.32 Å². The van der Waals surface area contributed by atoms with E-state index in [0.29, 0.717) is 5.56 Å². The fourth-order valence-electron chi connectivity index (χ4n) is 3.89. The second-order valence-electron chi connectivity index (χ2n) is 7.15. The van der Waals surface area contributed by atoms with Gasteiger partial charge in [-0.25, -0.2) is 4.39 Å². The Kier molecular flexibility index (Phi) is 4.90. The average molecular weight is 381 g/mol. The number of aromatic nitrogens is 1. The Hall–Kier alpha value is -3.09. The maximum atomic E-state index is 13.6. The van der Waals surface area contributed by atoms with Gasteiger partial charge in [-0.15, -0.1) is 0 Å². The molecule has 1 saturated carbocycles. The highest BCUT2D eigenvalue weighted by atomic mass is 19.1. The van der Waals surface area contributed by atoms with Gasteiger partial charge in [-0.2, -0.15) is 0 Å². The third kappa shape index (κ3) is 3.28. The number of halogens is 1. The normalized spacial score (nSPS) is 17.0. The topological polar surface area (TPSA) is 79.4 Å². The molecule has 0 saturated heterocycles. The monoisotopic (exact) mass is 381 g/mol. The number of imide groups is 1. The molecule has 0 spiro atoms. The number of nitrogens with one attached hydrogen (secondary N) is 1. The van der Waals surface area contributed by atoms with Crippen molar-refractivity contribution < 1.29 is 18.8 Å². The zero-order valence-corrected chi connectivity index (χ0v) is 15.3. The summed E-state index contributed by atoms with van der Waals surface area (Å²) in [5.41, 5.74) is 0.976.